The zero-order valence-electron chi connectivity index (χ0n) is 9.61. The van der Waals surface area contributed by atoms with E-state index in [9.17, 15) is 13.6 Å². The van der Waals surface area contributed by atoms with Gasteiger partial charge in [-0.25, -0.2) is 8.78 Å². The van der Waals surface area contributed by atoms with Crippen molar-refractivity contribution in [1.82, 2.24) is 0 Å². The van der Waals surface area contributed by atoms with Crippen LogP contribution < -0.4 is 4.74 Å². The van der Waals surface area contributed by atoms with Gasteiger partial charge >= 0.3 is 0 Å². The van der Waals surface area contributed by atoms with Gasteiger partial charge in [0.15, 0.2) is 6.29 Å². The van der Waals surface area contributed by atoms with Gasteiger partial charge in [-0.05, 0) is 30.7 Å². The molecule has 2 aromatic rings. The number of ether oxygens (including phenoxy) is 1. The number of carbonyl (C=O) groups excluding carboxylic acids is 1. The van der Waals surface area contributed by atoms with E-state index < -0.39 is 11.6 Å². The Hall–Kier alpha value is -2.23. The van der Waals surface area contributed by atoms with Gasteiger partial charge in [0, 0.05) is 6.07 Å². The molecule has 0 aliphatic heterocycles. The minimum absolute atomic E-state index is 0.0682. The van der Waals surface area contributed by atoms with Crippen LogP contribution in [0.25, 0.3) is 0 Å². The van der Waals surface area contributed by atoms with Crippen LogP contribution in [0.3, 0.4) is 0 Å². The molecule has 0 atom stereocenters. The normalized spacial score (nSPS) is 10.2. The quantitative estimate of drug-likeness (QED) is 0.770. The Morgan fingerprint density at radius 2 is 1.89 bits per heavy atom. The lowest BCUT2D eigenvalue weighted by molar-refractivity contribution is 0.111. The first-order chi connectivity index (χ1) is 8.61. The fourth-order valence-corrected chi connectivity index (χ4v) is 1.52. The van der Waals surface area contributed by atoms with Crippen molar-refractivity contribution in [3.05, 3.63) is 59.2 Å². The molecule has 0 radical (unpaired) electrons. The van der Waals surface area contributed by atoms with E-state index >= 15 is 0 Å². The molecule has 18 heavy (non-hydrogen) atoms. The Bertz CT molecular complexity index is 594. The predicted octanol–water partition coefficient (Wildman–Crippen LogP) is 3.88. The zero-order valence-corrected chi connectivity index (χ0v) is 9.61. The molecule has 0 saturated heterocycles. The molecule has 0 heterocycles. The first kappa shape index (κ1) is 12.2. The molecule has 0 N–H and O–H groups in total. The minimum atomic E-state index is -0.670. The lowest BCUT2D eigenvalue weighted by atomic mass is 10.2. The largest absolute Gasteiger partial charge is 0.456 e. The number of hydrogen-bond acceptors (Lipinski definition) is 2. The Morgan fingerprint density at radius 3 is 2.61 bits per heavy atom. The number of aryl methyl sites for hydroxylation is 1. The van der Waals surface area contributed by atoms with Crippen LogP contribution in [-0.2, 0) is 0 Å². The second-order valence-corrected chi connectivity index (χ2v) is 3.78. The van der Waals surface area contributed by atoms with Crippen LogP contribution in [0.1, 0.15) is 15.9 Å². The molecule has 0 spiro atoms. The van der Waals surface area contributed by atoms with Crippen molar-refractivity contribution in [1.29, 1.82) is 0 Å². The average molecular weight is 248 g/mol. The molecule has 0 unspecified atom stereocenters. The summed E-state index contributed by atoms with van der Waals surface area (Å²) in [6.45, 7) is 1.73. The molecule has 92 valence electrons. The molecular weight excluding hydrogens is 238 g/mol. The van der Waals surface area contributed by atoms with Gasteiger partial charge in [-0.1, -0.05) is 12.1 Å². The number of aldehydes is 1. The average Bonchev–Trinajstić information content (AvgIpc) is 2.34. The third-order valence-electron chi connectivity index (χ3n) is 2.50. The van der Waals surface area contributed by atoms with Crippen molar-refractivity contribution in [2.24, 2.45) is 0 Å². The van der Waals surface area contributed by atoms with Gasteiger partial charge < -0.3 is 4.74 Å². The van der Waals surface area contributed by atoms with E-state index in [0.29, 0.717) is 11.8 Å². The van der Waals surface area contributed by atoms with Crippen molar-refractivity contribution in [2.75, 3.05) is 0 Å². The maximum atomic E-state index is 13.3. The number of carbonyl (C=O) groups is 1. The SMILES string of the molecule is Cc1ccc(F)cc1Oc1cccc(F)c1C=O. The van der Waals surface area contributed by atoms with E-state index in [1.54, 1.807) is 13.0 Å². The maximum Gasteiger partial charge on any atom is 0.156 e. The summed E-state index contributed by atoms with van der Waals surface area (Å²) in [5.41, 5.74) is 0.513. The van der Waals surface area contributed by atoms with Gasteiger partial charge in [0.25, 0.3) is 0 Å². The summed E-state index contributed by atoms with van der Waals surface area (Å²) in [5.74, 6) is -0.807. The van der Waals surface area contributed by atoms with Crippen LogP contribution in [-0.4, -0.2) is 6.29 Å². The van der Waals surface area contributed by atoms with Crippen LogP contribution in [0.2, 0.25) is 0 Å². The molecule has 0 aliphatic carbocycles. The first-order valence-electron chi connectivity index (χ1n) is 5.29. The lowest BCUT2D eigenvalue weighted by Crippen LogP contribution is -1.95. The fraction of sp³-hybridized carbons (Fsp3) is 0.0714. The second kappa shape index (κ2) is 4.96. The molecular formula is C14H10F2O2. The van der Waals surface area contributed by atoms with Gasteiger partial charge in [0.1, 0.15) is 23.1 Å². The highest BCUT2D eigenvalue weighted by Gasteiger charge is 2.11. The van der Waals surface area contributed by atoms with Crippen LogP contribution in [0, 0.1) is 18.6 Å². The van der Waals surface area contributed by atoms with Crippen molar-refractivity contribution in [3.8, 4) is 11.5 Å². The fourth-order valence-electron chi connectivity index (χ4n) is 1.52. The Labute approximate surface area is 103 Å². The predicted molar refractivity (Wildman–Crippen MR) is 63.0 cm³/mol. The van der Waals surface area contributed by atoms with Gasteiger partial charge in [0.2, 0.25) is 0 Å². The van der Waals surface area contributed by atoms with Gasteiger partial charge in [-0.15, -0.1) is 0 Å². The molecule has 0 amide bonds. The van der Waals surface area contributed by atoms with E-state index in [2.05, 4.69) is 0 Å². The third kappa shape index (κ3) is 2.37. The monoisotopic (exact) mass is 248 g/mol. The van der Waals surface area contributed by atoms with Gasteiger partial charge in [-0.3, -0.25) is 4.79 Å². The highest BCUT2D eigenvalue weighted by Crippen LogP contribution is 2.28. The van der Waals surface area contributed by atoms with Crippen molar-refractivity contribution in [3.63, 3.8) is 0 Å². The van der Waals surface area contributed by atoms with E-state index in [4.69, 9.17) is 4.74 Å². The summed E-state index contributed by atoms with van der Waals surface area (Å²) >= 11 is 0. The summed E-state index contributed by atoms with van der Waals surface area (Å²) < 4.78 is 31.8. The molecule has 2 aromatic carbocycles. The lowest BCUT2D eigenvalue weighted by Gasteiger charge is -2.10. The van der Waals surface area contributed by atoms with E-state index in [1.807, 2.05) is 0 Å². The summed E-state index contributed by atoms with van der Waals surface area (Å²) in [7, 11) is 0. The molecule has 2 rings (SSSR count). The Balaban J connectivity index is 2.43. The molecule has 0 bridgehead atoms. The van der Waals surface area contributed by atoms with Crippen molar-refractivity contribution < 1.29 is 18.3 Å². The first-order valence-corrected chi connectivity index (χ1v) is 5.29. The Kier molecular flexibility index (Phi) is 3.37. The van der Waals surface area contributed by atoms with Crippen LogP contribution in [0.4, 0.5) is 8.78 Å². The highest BCUT2D eigenvalue weighted by molar-refractivity contribution is 5.79. The maximum absolute atomic E-state index is 13.3. The van der Waals surface area contributed by atoms with Gasteiger partial charge in [0.05, 0.1) is 5.56 Å². The molecule has 0 aliphatic rings. The number of hydrogen-bond donors (Lipinski definition) is 0. The molecule has 2 nitrogen and oxygen atoms in total. The second-order valence-electron chi connectivity index (χ2n) is 3.78. The highest BCUT2D eigenvalue weighted by atomic mass is 19.1. The molecule has 0 aromatic heterocycles. The standard InChI is InChI=1S/C14H10F2O2/c1-9-5-6-10(15)7-14(9)18-13-4-2-3-12(16)11(13)8-17/h2-8H,1H3. The van der Waals surface area contributed by atoms with Gasteiger partial charge in [-0.2, -0.15) is 0 Å². The van der Waals surface area contributed by atoms with E-state index in [0.717, 1.165) is 6.07 Å². The number of halogens is 2. The third-order valence-corrected chi connectivity index (χ3v) is 2.50. The Morgan fingerprint density at radius 1 is 1.11 bits per heavy atom. The van der Waals surface area contributed by atoms with Crippen LogP contribution in [0.15, 0.2) is 36.4 Å². The summed E-state index contributed by atoms with van der Waals surface area (Å²) in [4.78, 5) is 10.8. The van der Waals surface area contributed by atoms with Crippen LogP contribution in [0.5, 0.6) is 11.5 Å². The van der Waals surface area contributed by atoms with E-state index in [-0.39, 0.29) is 17.1 Å². The zero-order chi connectivity index (χ0) is 13.1. The van der Waals surface area contributed by atoms with Crippen molar-refractivity contribution in [2.45, 2.75) is 6.92 Å². The van der Waals surface area contributed by atoms with E-state index in [1.165, 1.54) is 24.3 Å². The van der Waals surface area contributed by atoms with Crippen molar-refractivity contribution >= 4 is 6.29 Å². The molecule has 0 saturated carbocycles. The molecule has 4 heteroatoms. The summed E-state index contributed by atoms with van der Waals surface area (Å²) in [6, 6.07) is 8.08. The molecule has 0 fully saturated rings. The minimum Gasteiger partial charge on any atom is -0.456 e. The summed E-state index contributed by atoms with van der Waals surface area (Å²) in [6.07, 6.45) is 0.374. The number of benzene rings is 2. The smallest absolute Gasteiger partial charge is 0.156 e. The topological polar surface area (TPSA) is 26.3 Å². The van der Waals surface area contributed by atoms with Crippen LogP contribution >= 0.6 is 0 Å². The summed E-state index contributed by atoms with van der Waals surface area (Å²) in [5, 5.41) is 0. The number of rotatable bonds is 3.